The van der Waals surface area contributed by atoms with E-state index in [1.165, 1.54) is 5.56 Å². The Balaban J connectivity index is 1.94. The topological polar surface area (TPSA) is 30.2 Å². The normalized spacial score (nSPS) is 11.4. The minimum absolute atomic E-state index is 0.957. The van der Waals surface area contributed by atoms with Gasteiger partial charge in [0.25, 0.3) is 0 Å². The molecule has 3 rings (SSSR count). The Morgan fingerprint density at radius 1 is 1.06 bits per heavy atom. The quantitative estimate of drug-likeness (QED) is 0.627. The van der Waals surface area contributed by atoms with Crippen molar-refractivity contribution in [1.82, 2.24) is 9.66 Å². The largest absolute Gasteiger partial charge is 0.235 e. The second-order valence-corrected chi connectivity index (χ2v) is 4.23. The van der Waals surface area contributed by atoms with Crippen LogP contribution in [0.15, 0.2) is 60.0 Å². The maximum atomic E-state index is 4.42. The molecule has 88 valence electrons. The molecular formula is C15H13N3. The van der Waals surface area contributed by atoms with Crippen LogP contribution in [0.2, 0.25) is 0 Å². The monoisotopic (exact) mass is 235 g/mol. The van der Waals surface area contributed by atoms with Gasteiger partial charge in [0.05, 0.1) is 17.2 Å². The molecule has 0 fully saturated rings. The highest BCUT2D eigenvalue weighted by Crippen LogP contribution is 2.11. The summed E-state index contributed by atoms with van der Waals surface area (Å²) < 4.78 is 1.79. The first-order chi connectivity index (χ1) is 8.83. The zero-order chi connectivity index (χ0) is 12.4. The number of benzene rings is 2. The van der Waals surface area contributed by atoms with Gasteiger partial charge in [-0.25, -0.2) is 9.66 Å². The summed E-state index contributed by atoms with van der Waals surface area (Å²) >= 11 is 0. The molecule has 3 nitrogen and oxygen atoms in total. The Bertz CT molecular complexity index is 693. The summed E-state index contributed by atoms with van der Waals surface area (Å²) in [5.41, 5.74) is 4.30. The average molecular weight is 235 g/mol. The van der Waals surface area contributed by atoms with Crippen molar-refractivity contribution in [2.75, 3.05) is 0 Å². The van der Waals surface area contributed by atoms with E-state index in [-0.39, 0.29) is 0 Å². The minimum Gasteiger partial charge on any atom is -0.235 e. The van der Waals surface area contributed by atoms with Gasteiger partial charge in [0.1, 0.15) is 6.33 Å². The van der Waals surface area contributed by atoms with E-state index < -0.39 is 0 Å². The van der Waals surface area contributed by atoms with Crippen molar-refractivity contribution in [3.63, 3.8) is 0 Å². The van der Waals surface area contributed by atoms with Crippen LogP contribution in [0, 0.1) is 6.92 Å². The van der Waals surface area contributed by atoms with Crippen molar-refractivity contribution in [3.8, 4) is 0 Å². The van der Waals surface area contributed by atoms with Crippen molar-refractivity contribution >= 4 is 17.2 Å². The number of hydrogen-bond donors (Lipinski definition) is 0. The third-order valence-electron chi connectivity index (χ3n) is 2.84. The first kappa shape index (κ1) is 10.7. The Morgan fingerprint density at radius 3 is 2.67 bits per heavy atom. The summed E-state index contributed by atoms with van der Waals surface area (Å²) in [4.78, 5) is 4.29. The Morgan fingerprint density at radius 2 is 1.83 bits per heavy atom. The van der Waals surface area contributed by atoms with Gasteiger partial charge < -0.3 is 0 Å². The molecule has 0 aliphatic carbocycles. The number of fused-ring (bicyclic) bond motifs is 1. The molecule has 0 aliphatic rings. The van der Waals surface area contributed by atoms with E-state index in [4.69, 9.17) is 0 Å². The summed E-state index contributed by atoms with van der Waals surface area (Å²) in [6, 6.07) is 16.2. The van der Waals surface area contributed by atoms with Crippen LogP contribution in [0.1, 0.15) is 11.1 Å². The fraction of sp³-hybridized carbons (Fsp3) is 0.0667. The smallest absolute Gasteiger partial charge is 0.118 e. The van der Waals surface area contributed by atoms with Crippen molar-refractivity contribution in [3.05, 3.63) is 66.0 Å². The zero-order valence-electron chi connectivity index (χ0n) is 10.1. The van der Waals surface area contributed by atoms with Gasteiger partial charge in [0.2, 0.25) is 0 Å². The van der Waals surface area contributed by atoms with Gasteiger partial charge in [-0.3, -0.25) is 0 Å². The Labute approximate surface area is 105 Å². The highest BCUT2D eigenvalue weighted by molar-refractivity contribution is 5.81. The summed E-state index contributed by atoms with van der Waals surface area (Å²) in [5.74, 6) is 0. The Hall–Kier alpha value is -2.42. The standard InChI is InChI=1S/C15H13N3/c1-12-6-8-13(9-7-12)10-17-18-11-16-14-4-2-3-5-15(14)18/h2-11H,1H3/b17-10+. The number of imidazole rings is 1. The lowest BCUT2D eigenvalue weighted by Gasteiger charge is -1.96. The molecule has 0 spiro atoms. The predicted octanol–water partition coefficient (Wildman–Crippen LogP) is 3.23. The maximum absolute atomic E-state index is 4.42. The van der Waals surface area contributed by atoms with Crippen LogP contribution in [0.4, 0.5) is 0 Å². The third-order valence-corrected chi connectivity index (χ3v) is 2.84. The molecule has 0 unspecified atom stereocenters. The molecule has 1 aromatic heterocycles. The van der Waals surface area contributed by atoms with Crippen molar-refractivity contribution in [2.24, 2.45) is 5.10 Å². The van der Waals surface area contributed by atoms with Crippen LogP contribution < -0.4 is 0 Å². The molecule has 18 heavy (non-hydrogen) atoms. The first-order valence-electron chi connectivity index (χ1n) is 5.86. The molecule has 0 atom stereocenters. The molecule has 2 aromatic carbocycles. The van der Waals surface area contributed by atoms with E-state index in [0.717, 1.165) is 16.6 Å². The number of aromatic nitrogens is 2. The molecule has 3 heteroatoms. The lowest BCUT2D eigenvalue weighted by Crippen LogP contribution is -1.88. The number of para-hydroxylation sites is 2. The number of nitrogens with zero attached hydrogens (tertiary/aromatic N) is 3. The third kappa shape index (κ3) is 2.02. The number of rotatable bonds is 2. The molecule has 0 saturated heterocycles. The number of aryl methyl sites for hydroxylation is 1. The van der Waals surface area contributed by atoms with Crippen LogP contribution in [0.25, 0.3) is 11.0 Å². The van der Waals surface area contributed by atoms with Gasteiger partial charge in [-0.15, -0.1) is 0 Å². The lowest BCUT2D eigenvalue weighted by molar-refractivity contribution is 0.914. The van der Waals surface area contributed by atoms with E-state index in [2.05, 4.69) is 41.3 Å². The van der Waals surface area contributed by atoms with E-state index in [1.807, 2.05) is 30.5 Å². The molecule has 1 heterocycles. The van der Waals surface area contributed by atoms with Gasteiger partial charge in [-0.05, 0) is 24.6 Å². The van der Waals surface area contributed by atoms with Gasteiger partial charge in [0.15, 0.2) is 0 Å². The molecule has 0 aliphatic heterocycles. The zero-order valence-corrected chi connectivity index (χ0v) is 10.1. The van der Waals surface area contributed by atoms with Crippen LogP contribution >= 0.6 is 0 Å². The molecule has 3 aromatic rings. The lowest BCUT2D eigenvalue weighted by atomic mass is 10.2. The Kier molecular flexibility index (Phi) is 2.65. The van der Waals surface area contributed by atoms with Crippen molar-refractivity contribution < 1.29 is 0 Å². The molecule has 0 radical (unpaired) electrons. The highest BCUT2D eigenvalue weighted by atomic mass is 15.4. The molecule has 0 saturated carbocycles. The van der Waals surface area contributed by atoms with Crippen molar-refractivity contribution in [1.29, 1.82) is 0 Å². The van der Waals surface area contributed by atoms with E-state index in [1.54, 1.807) is 11.0 Å². The fourth-order valence-electron chi connectivity index (χ4n) is 1.82. The average Bonchev–Trinajstić information content (AvgIpc) is 2.82. The first-order valence-corrected chi connectivity index (χ1v) is 5.86. The van der Waals surface area contributed by atoms with Gasteiger partial charge in [-0.1, -0.05) is 42.0 Å². The van der Waals surface area contributed by atoms with Crippen LogP contribution in [0.5, 0.6) is 0 Å². The molecule has 0 N–H and O–H groups in total. The van der Waals surface area contributed by atoms with Crippen molar-refractivity contribution in [2.45, 2.75) is 6.92 Å². The van der Waals surface area contributed by atoms with Crippen LogP contribution in [-0.2, 0) is 0 Å². The molecule has 0 amide bonds. The predicted molar refractivity (Wildman–Crippen MR) is 73.9 cm³/mol. The van der Waals surface area contributed by atoms with Gasteiger partial charge in [-0.2, -0.15) is 5.10 Å². The molecule has 0 bridgehead atoms. The van der Waals surface area contributed by atoms with E-state index in [0.29, 0.717) is 0 Å². The SMILES string of the molecule is Cc1ccc(/C=N/n2cnc3ccccc32)cc1. The maximum Gasteiger partial charge on any atom is 0.118 e. The second-order valence-electron chi connectivity index (χ2n) is 4.23. The number of hydrogen-bond acceptors (Lipinski definition) is 2. The fourth-order valence-corrected chi connectivity index (χ4v) is 1.82. The van der Waals surface area contributed by atoms with E-state index >= 15 is 0 Å². The van der Waals surface area contributed by atoms with Crippen LogP contribution in [0.3, 0.4) is 0 Å². The van der Waals surface area contributed by atoms with Gasteiger partial charge >= 0.3 is 0 Å². The summed E-state index contributed by atoms with van der Waals surface area (Å²) in [6.45, 7) is 2.07. The van der Waals surface area contributed by atoms with Crippen LogP contribution in [-0.4, -0.2) is 15.9 Å². The second kappa shape index (κ2) is 4.45. The summed E-state index contributed by atoms with van der Waals surface area (Å²) in [6.07, 6.45) is 3.57. The summed E-state index contributed by atoms with van der Waals surface area (Å²) in [5, 5.41) is 4.42. The minimum atomic E-state index is 0.957. The highest BCUT2D eigenvalue weighted by Gasteiger charge is 1.98. The summed E-state index contributed by atoms with van der Waals surface area (Å²) in [7, 11) is 0. The molecular weight excluding hydrogens is 222 g/mol. The van der Waals surface area contributed by atoms with E-state index in [9.17, 15) is 0 Å². The van der Waals surface area contributed by atoms with Gasteiger partial charge in [0, 0.05) is 0 Å².